The van der Waals surface area contributed by atoms with Crippen LogP contribution < -0.4 is 15.0 Å². The Labute approximate surface area is 201 Å². The molecule has 2 heterocycles. The molecular formula is C26H37FN4O3. The van der Waals surface area contributed by atoms with Gasteiger partial charge in [0.1, 0.15) is 11.6 Å². The number of nitrogens with one attached hydrogen (secondary N) is 1. The van der Waals surface area contributed by atoms with E-state index in [-0.39, 0.29) is 29.7 Å². The van der Waals surface area contributed by atoms with E-state index in [4.69, 9.17) is 4.74 Å². The molecule has 0 bridgehead atoms. The molecule has 7 nitrogen and oxygen atoms in total. The summed E-state index contributed by atoms with van der Waals surface area (Å²) in [6.45, 7) is 5.33. The highest BCUT2D eigenvalue weighted by atomic mass is 19.1. The van der Waals surface area contributed by atoms with E-state index in [9.17, 15) is 14.0 Å². The summed E-state index contributed by atoms with van der Waals surface area (Å²) in [6, 6.07) is 5.40. The Morgan fingerprint density at radius 3 is 2.50 bits per heavy atom. The first-order valence-corrected chi connectivity index (χ1v) is 13.1. The third-order valence-corrected chi connectivity index (χ3v) is 7.65. The predicted octanol–water partition coefficient (Wildman–Crippen LogP) is 2.79. The van der Waals surface area contributed by atoms with Gasteiger partial charge in [-0.3, -0.25) is 19.4 Å². The summed E-state index contributed by atoms with van der Waals surface area (Å²) in [4.78, 5) is 31.0. The van der Waals surface area contributed by atoms with Crippen LogP contribution in [0.5, 0.6) is 5.75 Å². The predicted molar refractivity (Wildman–Crippen MR) is 128 cm³/mol. The summed E-state index contributed by atoms with van der Waals surface area (Å²) >= 11 is 0. The van der Waals surface area contributed by atoms with Crippen LogP contribution in [-0.2, 0) is 9.59 Å². The second-order valence-corrected chi connectivity index (χ2v) is 10.3. The molecule has 0 spiro atoms. The van der Waals surface area contributed by atoms with Gasteiger partial charge in [0.15, 0.2) is 0 Å². The largest absolute Gasteiger partial charge is 0.488 e. The number of hydrogen-bond donors (Lipinski definition) is 1. The summed E-state index contributed by atoms with van der Waals surface area (Å²) in [7, 11) is 0. The maximum absolute atomic E-state index is 14.0. The highest BCUT2D eigenvalue weighted by molar-refractivity contribution is 6.03. The zero-order chi connectivity index (χ0) is 23.5. The fraction of sp³-hybridized carbons (Fsp3) is 0.692. The molecule has 2 aliphatic carbocycles. The quantitative estimate of drug-likeness (QED) is 0.529. The van der Waals surface area contributed by atoms with E-state index in [0.29, 0.717) is 25.6 Å². The average molecular weight is 473 g/mol. The molecule has 5 rings (SSSR count). The summed E-state index contributed by atoms with van der Waals surface area (Å²) < 4.78 is 20.3. The van der Waals surface area contributed by atoms with Gasteiger partial charge in [0.25, 0.3) is 0 Å². The Balaban J connectivity index is 1.07. The maximum atomic E-state index is 14.0. The lowest BCUT2D eigenvalue weighted by atomic mass is 10.1. The van der Waals surface area contributed by atoms with E-state index in [2.05, 4.69) is 15.1 Å². The van der Waals surface area contributed by atoms with Gasteiger partial charge in [-0.1, -0.05) is 0 Å². The number of carbonyl (C=O) groups is 2. The molecule has 1 N–H and O–H groups in total. The summed E-state index contributed by atoms with van der Waals surface area (Å²) in [6.07, 6.45) is 8.28. The number of imide groups is 1. The maximum Gasteiger partial charge on any atom is 0.234 e. The van der Waals surface area contributed by atoms with E-state index in [0.717, 1.165) is 63.4 Å². The van der Waals surface area contributed by atoms with Crippen LogP contribution >= 0.6 is 0 Å². The van der Waals surface area contributed by atoms with Crippen molar-refractivity contribution in [3.05, 3.63) is 24.0 Å². The van der Waals surface area contributed by atoms with Crippen molar-refractivity contribution in [3.63, 3.8) is 0 Å². The van der Waals surface area contributed by atoms with Crippen LogP contribution in [0, 0.1) is 11.7 Å². The number of nitrogens with zero attached hydrogens (tertiary/aromatic N) is 3. The third-order valence-electron chi connectivity index (χ3n) is 7.65. The number of piperazine rings is 1. The minimum Gasteiger partial charge on any atom is -0.488 e. The molecule has 34 heavy (non-hydrogen) atoms. The second kappa shape index (κ2) is 10.6. The molecule has 1 aromatic carbocycles. The van der Waals surface area contributed by atoms with Crippen molar-refractivity contribution in [2.75, 3.05) is 50.7 Å². The lowest BCUT2D eigenvalue weighted by Gasteiger charge is -2.37. The highest BCUT2D eigenvalue weighted by Crippen LogP contribution is 2.33. The number of ether oxygens (including phenoxy) is 1. The van der Waals surface area contributed by atoms with Gasteiger partial charge >= 0.3 is 0 Å². The van der Waals surface area contributed by atoms with Gasteiger partial charge in [0.05, 0.1) is 17.7 Å². The summed E-state index contributed by atoms with van der Waals surface area (Å²) in [5, 5.41) is 3.38. The Hall–Kier alpha value is -2.19. The van der Waals surface area contributed by atoms with Crippen LogP contribution in [-0.4, -0.2) is 79.6 Å². The minimum absolute atomic E-state index is 0.0103. The number of anilines is 1. The molecule has 8 heteroatoms. The first-order valence-electron chi connectivity index (χ1n) is 13.1. The van der Waals surface area contributed by atoms with Gasteiger partial charge in [-0.15, -0.1) is 0 Å². The number of carbonyl (C=O) groups excluding carboxylic acids is 2. The molecule has 2 aliphatic heterocycles. The average Bonchev–Trinajstić information content (AvgIpc) is 3.45. The number of halogens is 1. The van der Waals surface area contributed by atoms with Crippen molar-refractivity contribution in [3.8, 4) is 5.75 Å². The van der Waals surface area contributed by atoms with Gasteiger partial charge in [-0.05, 0) is 63.6 Å². The van der Waals surface area contributed by atoms with Crippen molar-refractivity contribution in [1.82, 2.24) is 15.1 Å². The molecule has 1 atom stereocenters. The van der Waals surface area contributed by atoms with Crippen molar-refractivity contribution < 1.29 is 18.7 Å². The number of hydrogen-bond acceptors (Lipinski definition) is 6. The molecular weight excluding hydrogens is 435 g/mol. The standard InChI is InChI=1S/C26H37FN4O3/c27-20-6-9-24(34-22-4-1-2-5-22)23(17-20)30-14-12-29(13-15-30)10-3-11-31-25(32)16-19(26(31)33)18-28-21-7-8-21/h6,9,17,19,21-22,28H,1-5,7-8,10-16,18H2. The molecule has 4 aliphatic rings. The van der Waals surface area contributed by atoms with E-state index < -0.39 is 0 Å². The normalized spacial score (nSPS) is 24.4. The number of amides is 2. The fourth-order valence-corrected chi connectivity index (χ4v) is 5.43. The molecule has 2 saturated carbocycles. The Morgan fingerprint density at radius 1 is 1.00 bits per heavy atom. The molecule has 186 valence electrons. The second-order valence-electron chi connectivity index (χ2n) is 10.3. The first kappa shape index (κ1) is 23.5. The van der Waals surface area contributed by atoms with Gasteiger partial charge < -0.3 is 15.0 Å². The molecule has 0 aromatic heterocycles. The van der Waals surface area contributed by atoms with Crippen LogP contribution in [0.25, 0.3) is 0 Å². The topological polar surface area (TPSA) is 65.1 Å². The minimum atomic E-state index is -0.234. The lowest BCUT2D eigenvalue weighted by molar-refractivity contribution is -0.139. The van der Waals surface area contributed by atoms with E-state index in [1.165, 1.54) is 36.6 Å². The number of benzene rings is 1. The van der Waals surface area contributed by atoms with Crippen LogP contribution in [0.3, 0.4) is 0 Å². The van der Waals surface area contributed by atoms with E-state index >= 15 is 0 Å². The van der Waals surface area contributed by atoms with Gasteiger partial charge in [-0.25, -0.2) is 4.39 Å². The van der Waals surface area contributed by atoms with Crippen molar-refractivity contribution in [2.45, 2.75) is 63.5 Å². The zero-order valence-corrected chi connectivity index (χ0v) is 20.0. The van der Waals surface area contributed by atoms with E-state index in [1.54, 1.807) is 12.1 Å². The smallest absolute Gasteiger partial charge is 0.234 e. The molecule has 1 unspecified atom stereocenters. The Morgan fingerprint density at radius 2 is 1.76 bits per heavy atom. The SMILES string of the molecule is O=C1CC(CNC2CC2)C(=O)N1CCCN1CCN(c2cc(F)ccc2OC2CCCC2)CC1. The first-order chi connectivity index (χ1) is 16.6. The molecule has 0 radical (unpaired) electrons. The third kappa shape index (κ3) is 5.71. The molecule has 4 fully saturated rings. The van der Waals surface area contributed by atoms with Crippen molar-refractivity contribution in [2.24, 2.45) is 5.92 Å². The molecule has 2 amide bonds. The van der Waals surface area contributed by atoms with Crippen LogP contribution in [0.2, 0.25) is 0 Å². The molecule has 1 aromatic rings. The van der Waals surface area contributed by atoms with Crippen LogP contribution in [0.4, 0.5) is 10.1 Å². The molecule has 2 saturated heterocycles. The Kier molecular flexibility index (Phi) is 7.34. The summed E-state index contributed by atoms with van der Waals surface area (Å²) in [5.41, 5.74) is 0.852. The van der Waals surface area contributed by atoms with E-state index in [1.807, 2.05) is 0 Å². The van der Waals surface area contributed by atoms with Crippen LogP contribution in [0.1, 0.15) is 51.4 Å². The van der Waals surface area contributed by atoms with Crippen LogP contribution in [0.15, 0.2) is 18.2 Å². The monoisotopic (exact) mass is 472 g/mol. The van der Waals surface area contributed by atoms with Gasteiger partial charge in [-0.2, -0.15) is 0 Å². The highest BCUT2D eigenvalue weighted by Gasteiger charge is 2.38. The fourth-order valence-electron chi connectivity index (χ4n) is 5.43. The number of rotatable bonds is 10. The van der Waals surface area contributed by atoms with Gasteiger partial charge in [0, 0.05) is 57.8 Å². The van der Waals surface area contributed by atoms with Crippen molar-refractivity contribution >= 4 is 17.5 Å². The van der Waals surface area contributed by atoms with Gasteiger partial charge in [0.2, 0.25) is 11.8 Å². The lowest BCUT2D eigenvalue weighted by Crippen LogP contribution is -2.47. The van der Waals surface area contributed by atoms with Crippen molar-refractivity contribution in [1.29, 1.82) is 0 Å². The summed E-state index contributed by atoms with van der Waals surface area (Å²) in [5.74, 6) is 0.325. The zero-order valence-electron chi connectivity index (χ0n) is 20.0. The Bertz CT molecular complexity index is 879. The number of likely N-dealkylation sites (tertiary alicyclic amines) is 1.